The van der Waals surface area contributed by atoms with Crippen molar-refractivity contribution < 1.29 is 9.90 Å². The number of carbonyl (C=O) groups is 1. The summed E-state index contributed by atoms with van der Waals surface area (Å²) in [6, 6.07) is 18.8. The van der Waals surface area contributed by atoms with Gasteiger partial charge in [-0.1, -0.05) is 24.3 Å². The first-order chi connectivity index (χ1) is 14.0. The van der Waals surface area contributed by atoms with Crippen LogP contribution in [0.1, 0.15) is 38.2 Å². The first kappa shape index (κ1) is 18.7. The fourth-order valence-electron chi connectivity index (χ4n) is 3.49. The molecule has 1 amide bonds. The summed E-state index contributed by atoms with van der Waals surface area (Å²) >= 11 is 0. The third-order valence-corrected chi connectivity index (χ3v) is 5.31. The molecule has 2 N–H and O–H groups in total. The Morgan fingerprint density at radius 1 is 0.966 bits per heavy atom. The Hall–Kier alpha value is -3.60. The fourth-order valence-corrected chi connectivity index (χ4v) is 3.49. The summed E-state index contributed by atoms with van der Waals surface area (Å²) in [6.45, 7) is 6.17. The van der Waals surface area contributed by atoms with Crippen molar-refractivity contribution in [2.75, 3.05) is 4.90 Å². The number of nitrogens with one attached hydrogen (secondary N) is 1. The number of amides is 1. The summed E-state index contributed by atoms with van der Waals surface area (Å²) in [6.07, 6.45) is 1.62. The lowest BCUT2D eigenvalue weighted by atomic mass is 10.0. The molecule has 3 aromatic rings. The molecule has 0 fully saturated rings. The van der Waals surface area contributed by atoms with E-state index in [0.29, 0.717) is 5.56 Å². The highest BCUT2D eigenvalue weighted by atomic mass is 16.3. The molecule has 0 bridgehead atoms. The SMILES string of the molecule is Cc1cc2c(cc1C)CN(c1ccc(C=NNC(=O)c3ccc(O)cc3)cc1)C2. The molecule has 1 heterocycles. The molecule has 0 aliphatic carbocycles. The molecule has 3 aromatic carbocycles. The second-order valence-corrected chi connectivity index (χ2v) is 7.40. The van der Waals surface area contributed by atoms with Gasteiger partial charge in [-0.25, -0.2) is 5.43 Å². The number of benzene rings is 3. The zero-order valence-corrected chi connectivity index (χ0v) is 16.5. The number of phenolic OH excluding ortho intramolecular Hbond substituents is 1. The third kappa shape index (κ3) is 4.14. The van der Waals surface area contributed by atoms with Crippen molar-refractivity contribution in [3.05, 3.63) is 94.0 Å². The lowest BCUT2D eigenvalue weighted by Crippen LogP contribution is -2.17. The number of phenols is 1. The van der Waals surface area contributed by atoms with Crippen molar-refractivity contribution in [2.45, 2.75) is 26.9 Å². The summed E-state index contributed by atoms with van der Waals surface area (Å²) in [5.74, 6) is -0.199. The van der Waals surface area contributed by atoms with Gasteiger partial charge < -0.3 is 10.0 Å². The van der Waals surface area contributed by atoms with E-state index in [4.69, 9.17) is 0 Å². The lowest BCUT2D eigenvalue weighted by molar-refractivity contribution is 0.0955. The highest BCUT2D eigenvalue weighted by Crippen LogP contribution is 2.30. The lowest BCUT2D eigenvalue weighted by Gasteiger charge is -2.17. The number of rotatable bonds is 4. The van der Waals surface area contributed by atoms with Gasteiger partial charge in [-0.05, 0) is 78.1 Å². The van der Waals surface area contributed by atoms with E-state index in [9.17, 15) is 9.90 Å². The maximum atomic E-state index is 12.0. The van der Waals surface area contributed by atoms with E-state index >= 15 is 0 Å². The van der Waals surface area contributed by atoms with Crippen molar-refractivity contribution in [1.29, 1.82) is 0 Å². The molecule has 0 spiro atoms. The number of nitrogens with zero attached hydrogens (tertiary/aromatic N) is 2. The largest absolute Gasteiger partial charge is 0.508 e. The molecule has 0 saturated heterocycles. The van der Waals surface area contributed by atoms with E-state index in [1.54, 1.807) is 18.3 Å². The van der Waals surface area contributed by atoms with E-state index in [1.165, 1.54) is 40.1 Å². The zero-order chi connectivity index (χ0) is 20.4. The van der Waals surface area contributed by atoms with E-state index in [1.807, 2.05) is 12.1 Å². The fraction of sp³-hybridized carbons (Fsp3) is 0.167. The number of hydrazone groups is 1. The zero-order valence-electron chi connectivity index (χ0n) is 16.5. The molecule has 0 atom stereocenters. The van der Waals surface area contributed by atoms with Crippen LogP contribution in [0.4, 0.5) is 5.69 Å². The van der Waals surface area contributed by atoms with Gasteiger partial charge in [0, 0.05) is 24.3 Å². The van der Waals surface area contributed by atoms with Crippen molar-refractivity contribution >= 4 is 17.8 Å². The van der Waals surface area contributed by atoms with Crippen LogP contribution >= 0.6 is 0 Å². The Bertz CT molecular complexity index is 1040. The van der Waals surface area contributed by atoms with Crippen molar-refractivity contribution in [3.63, 3.8) is 0 Å². The van der Waals surface area contributed by atoms with Gasteiger partial charge >= 0.3 is 0 Å². The minimum atomic E-state index is -0.321. The van der Waals surface area contributed by atoms with Crippen LogP contribution in [0.3, 0.4) is 0 Å². The average molecular weight is 385 g/mol. The van der Waals surface area contributed by atoms with Crippen LogP contribution in [-0.2, 0) is 13.1 Å². The molecule has 0 radical (unpaired) electrons. The molecule has 0 unspecified atom stereocenters. The molecule has 1 aliphatic rings. The molecule has 0 saturated carbocycles. The first-order valence-electron chi connectivity index (χ1n) is 9.56. The molecular weight excluding hydrogens is 362 g/mol. The van der Waals surface area contributed by atoms with Gasteiger partial charge in [0.2, 0.25) is 0 Å². The van der Waals surface area contributed by atoms with Gasteiger partial charge in [-0.15, -0.1) is 0 Å². The van der Waals surface area contributed by atoms with Gasteiger partial charge in [0.1, 0.15) is 5.75 Å². The Labute approximate surface area is 170 Å². The third-order valence-electron chi connectivity index (χ3n) is 5.31. The van der Waals surface area contributed by atoms with Crippen molar-refractivity contribution in [1.82, 2.24) is 5.43 Å². The molecule has 29 heavy (non-hydrogen) atoms. The van der Waals surface area contributed by atoms with Crippen molar-refractivity contribution in [3.8, 4) is 5.75 Å². The van der Waals surface area contributed by atoms with E-state index < -0.39 is 0 Å². The van der Waals surface area contributed by atoms with Crippen LogP contribution < -0.4 is 10.3 Å². The number of fused-ring (bicyclic) bond motifs is 1. The smallest absolute Gasteiger partial charge is 0.271 e. The van der Waals surface area contributed by atoms with Gasteiger partial charge in [0.15, 0.2) is 0 Å². The van der Waals surface area contributed by atoms with Gasteiger partial charge in [-0.2, -0.15) is 5.10 Å². The van der Waals surface area contributed by atoms with Gasteiger partial charge in [-0.3, -0.25) is 4.79 Å². The van der Waals surface area contributed by atoms with Gasteiger partial charge in [0.25, 0.3) is 5.91 Å². The first-order valence-corrected chi connectivity index (χ1v) is 9.56. The number of aromatic hydroxyl groups is 1. The van der Waals surface area contributed by atoms with E-state index in [0.717, 1.165) is 18.7 Å². The Morgan fingerprint density at radius 2 is 1.55 bits per heavy atom. The minimum absolute atomic E-state index is 0.122. The number of aryl methyl sites for hydroxylation is 2. The van der Waals surface area contributed by atoms with Gasteiger partial charge in [0.05, 0.1) is 6.21 Å². The van der Waals surface area contributed by atoms with Crippen LogP contribution in [0.15, 0.2) is 65.8 Å². The Balaban J connectivity index is 1.38. The number of hydrogen-bond acceptors (Lipinski definition) is 4. The maximum absolute atomic E-state index is 12.0. The standard InChI is InChI=1S/C24H23N3O2/c1-16-11-20-14-27(15-21(20)12-17(16)2)22-7-3-18(4-8-22)13-25-26-24(29)19-5-9-23(28)10-6-19/h3-13,28H,14-15H2,1-2H3,(H,26,29). The predicted octanol–water partition coefficient (Wildman–Crippen LogP) is 4.29. The maximum Gasteiger partial charge on any atom is 0.271 e. The molecule has 4 rings (SSSR count). The molecule has 146 valence electrons. The molecule has 5 heteroatoms. The van der Waals surface area contributed by atoms with Crippen LogP contribution in [0.5, 0.6) is 5.75 Å². The second-order valence-electron chi connectivity index (χ2n) is 7.40. The summed E-state index contributed by atoms with van der Waals surface area (Å²) in [5.41, 5.74) is 10.5. The quantitative estimate of drug-likeness (QED) is 0.520. The normalized spacial score (nSPS) is 13.0. The second kappa shape index (κ2) is 7.80. The van der Waals surface area contributed by atoms with Crippen LogP contribution in [0.25, 0.3) is 0 Å². The highest BCUT2D eigenvalue weighted by molar-refractivity contribution is 5.95. The van der Waals surface area contributed by atoms with Crippen molar-refractivity contribution in [2.24, 2.45) is 5.10 Å². The van der Waals surface area contributed by atoms with E-state index in [2.05, 4.69) is 53.5 Å². The summed E-state index contributed by atoms with van der Waals surface area (Å²) < 4.78 is 0. The van der Waals surface area contributed by atoms with Crippen LogP contribution in [0, 0.1) is 13.8 Å². The Morgan fingerprint density at radius 3 is 2.14 bits per heavy atom. The highest BCUT2D eigenvalue weighted by Gasteiger charge is 2.19. The van der Waals surface area contributed by atoms with E-state index in [-0.39, 0.29) is 11.7 Å². The molecule has 1 aliphatic heterocycles. The number of anilines is 1. The summed E-state index contributed by atoms with van der Waals surface area (Å²) in [5, 5.41) is 13.3. The average Bonchev–Trinajstić information content (AvgIpc) is 3.12. The summed E-state index contributed by atoms with van der Waals surface area (Å²) in [7, 11) is 0. The minimum Gasteiger partial charge on any atom is -0.508 e. The number of carbonyl (C=O) groups excluding carboxylic acids is 1. The van der Waals surface area contributed by atoms with Crippen LogP contribution in [-0.4, -0.2) is 17.2 Å². The van der Waals surface area contributed by atoms with Crippen LogP contribution in [0.2, 0.25) is 0 Å². The predicted molar refractivity (Wildman–Crippen MR) is 115 cm³/mol. The summed E-state index contributed by atoms with van der Waals surface area (Å²) in [4.78, 5) is 14.4. The number of hydrogen-bond donors (Lipinski definition) is 2. The monoisotopic (exact) mass is 385 g/mol. The Kier molecular flexibility index (Phi) is 5.04. The topological polar surface area (TPSA) is 64.9 Å². The molecular formula is C24H23N3O2. The molecule has 0 aromatic heterocycles. The molecule has 5 nitrogen and oxygen atoms in total.